The van der Waals surface area contributed by atoms with E-state index in [0.717, 1.165) is 37.3 Å². The molecule has 0 bridgehead atoms. The van der Waals surface area contributed by atoms with Crippen LogP contribution in [0.5, 0.6) is 0 Å². The molecule has 1 saturated heterocycles. The van der Waals surface area contributed by atoms with Gasteiger partial charge in [0.1, 0.15) is 0 Å². The lowest BCUT2D eigenvalue weighted by atomic mass is 10.0. The van der Waals surface area contributed by atoms with Gasteiger partial charge in [-0.3, -0.25) is 4.90 Å². The lowest BCUT2D eigenvalue weighted by molar-refractivity contribution is 0.134. The number of para-hydroxylation sites is 1. The Labute approximate surface area is 160 Å². The van der Waals surface area contributed by atoms with Crippen LogP contribution >= 0.6 is 0 Å². The Balaban J connectivity index is 1.51. The highest BCUT2D eigenvalue weighted by molar-refractivity contribution is 5.89. The van der Waals surface area contributed by atoms with Crippen LogP contribution in [0.15, 0.2) is 34.9 Å². The van der Waals surface area contributed by atoms with E-state index in [1.54, 1.807) is 0 Å². The highest BCUT2D eigenvalue weighted by atomic mass is 16.5. The zero-order chi connectivity index (χ0) is 19.1. The van der Waals surface area contributed by atoms with Crippen molar-refractivity contribution in [2.45, 2.75) is 52.1 Å². The molecule has 1 fully saturated rings. The molecule has 1 aromatic carbocycles. The van der Waals surface area contributed by atoms with Crippen LogP contribution in [0.4, 0.5) is 10.5 Å². The average Bonchev–Trinajstić information content (AvgIpc) is 3.08. The molecule has 0 saturated carbocycles. The number of amides is 2. The summed E-state index contributed by atoms with van der Waals surface area (Å²) in [5, 5.41) is 9.97. The molecule has 0 radical (unpaired) electrons. The fourth-order valence-corrected chi connectivity index (χ4v) is 3.37. The number of piperidine rings is 1. The smallest absolute Gasteiger partial charge is 0.319 e. The third kappa shape index (κ3) is 6.06. The van der Waals surface area contributed by atoms with Crippen LogP contribution in [-0.4, -0.2) is 40.2 Å². The van der Waals surface area contributed by atoms with E-state index in [-0.39, 0.29) is 12.1 Å². The predicted octanol–water partition coefficient (Wildman–Crippen LogP) is 3.44. The topological polar surface area (TPSA) is 83.3 Å². The molecule has 7 heteroatoms. The fraction of sp³-hybridized carbons (Fsp3) is 0.550. The minimum absolute atomic E-state index is 0.175. The first-order valence-electron chi connectivity index (χ1n) is 9.75. The van der Waals surface area contributed by atoms with Crippen LogP contribution in [-0.2, 0) is 13.0 Å². The van der Waals surface area contributed by atoms with E-state index in [0.29, 0.717) is 24.9 Å². The largest absolute Gasteiger partial charge is 0.339 e. The van der Waals surface area contributed by atoms with Crippen molar-refractivity contribution in [2.24, 2.45) is 5.92 Å². The number of hydrogen-bond donors (Lipinski definition) is 2. The van der Waals surface area contributed by atoms with Crippen LogP contribution < -0.4 is 10.6 Å². The molecule has 0 aliphatic carbocycles. The number of nitrogens with zero attached hydrogens (tertiary/aromatic N) is 3. The highest BCUT2D eigenvalue weighted by Crippen LogP contribution is 2.19. The van der Waals surface area contributed by atoms with Crippen molar-refractivity contribution in [3.8, 4) is 0 Å². The molecule has 2 aromatic rings. The second kappa shape index (κ2) is 9.50. The molecule has 1 unspecified atom stereocenters. The number of benzene rings is 1. The maximum Gasteiger partial charge on any atom is 0.319 e. The van der Waals surface area contributed by atoms with Crippen LogP contribution in [0.3, 0.4) is 0 Å². The number of urea groups is 1. The van der Waals surface area contributed by atoms with Gasteiger partial charge in [0, 0.05) is 24.7 Å². The summed E-state index contributed by atoms with van der Waals surface area (Å²) in [5.41, 5.74) is 0.792. The van der Waals surface area contributed by atoms with E-state index in [2.05, 4.69) is 39.5 Å². The fourth-order valence-electron chi connectivity index (χ4n) is 3.37. The molecule has 1 aliphatic heterocycles. The van der Waals surface area contributed by atoms with Crippen molar-refractivity contribution in [1.82, 2.24) is 20.4 Å². The van der Waals surface area contributed by atoms with Crippen molar-refractivity contribution in [1.29, 1.82) is 0 Å². The number of carbonyl (C=O) groups is 1. The lowest BCUT2D eigenvalue weighted by Crippen LogP contribution is -2.47. The molecule has 1 aromatic heterocycles. The third-order valence-electron chi connectivity index (χ3n) is 4.72. The van der Waals surface area contributed by atoms with Gasteiger partial charge in [-0.15, -0.1) is 0 Å². The summed E-state index contributed by atoms with van der Waals surface area (Å²) in [6.45, 7) is 6.53. The first kappa shape index (κ1) is 19.4. The van der Waals surface area contributed by atoms with Gasteiger partial charge < -0.3 is 15.2 Å². The van der Waals surface area contributed by atoms with Gasteiger partial charge in [0.2, 0.25) is 5.89 Å². The van der Waals surface area contributed by atoms with Gasteiger partial charge in [-0.2, -0.15) is 4.98 Å². The van der Waals surface area contributed by atoms with Gasteiger partial charge in [-0.25, -0.2) is 4.79 Å². The third-order valence-corrected chi connectivity index (χ3v) is 4.72. The minimum atomic E-state index is -0.175. The second-order valence-electron chi connectivity index (χ2n) is 7.52. The van der Waals surface area contributed by atoms with Crippen molar-refractivity contribution in [3.05, 3.63) is 42.0 Å². The van der Waals surface area contributed by atoms with Gasteiger partial charge in [0.05, 0.1) is 6.54 Å². The molecule has 0 spiro atoms. The molecule has 2 heterocycles. The number of rotatable bonds is 7. The van der Waals surface area contributed by atoms with E-state index < -0.39 is 0 Å². The quantitative estimate of drug-likeness (QED) is 0.779. The van der Waals surface area contributed by atoms with Gasteiger partial charge in [0.15, 0.2) is 5.82 Å². The molecular weight excluding hydrogens is 342 g/mol. The number of carbonyl (C=O) groups excluding carboxylic acids is 1. The summed E-state index contributed by atoms with van der Waals surface area (Å²) in [6.07, 6.45) is 4.19. The molecule has 1 aliphatic rings. The standard InChI is InChI=1S/C20H29N5O2/c1-15(2)12-19-23-18(24-27-19)14-25-11-7-6-10-17(25)13-21-20(26)22-16-8-4-3-5-9-16/h3-5,8-9,15,17H,6-7,10-14H2,1-2H3,(H2,21,22,26). The predicted molar refractivity (Wildman–Crippen MR) is 104 cm³/mol. The Hall–Kier alpha value is -2.41. The zero-order valence-electron chi connectivity index (χ0n) is 16.1. The number of aromatic nitrogens is 2. The summed E-state index contributed by atoms with van der Waals surface area (Å²) < 4.78 is 5.35. The summed E-state index contributed by atoms with van der Waals surface area (Å²) >= 11 is 0. The van der Waals surface area contributed by atoms with Crippen molar-refractivity contribution >= 4 is 11.7 Å². The Morgan fingerprint density at radius 1 is 1.30 bits per heavy atom. The van der Waals surface area contributed by atoms with Crippen molar-refractivity contribution < 1.29 is 9.32 Å². The average molecular weight is 371 g/mol. The van der Waals surface area contributed by atoms with Gasteiger partial charge in [-0.05, 0) is 37.4 Å². The SMILES string of the molecule is CC(C)Cc1nc(CN2CCCCC2CNC(=O)Nc2ccccc2)no1. The maximum atomic E-state index is 12.1. The van der Waals surface area contributed by atoms with E-state index in [1.165, 1.54) is 6.42 Å². The van der Waals surface area contributed by atoms with Crippen LogP contribution in [0.1, 0.15) is 44.8 Å². The highest BCUT2D eigenvalue weighted by Gasteiger charge is 2.24. The van der Waals surface area contributed by atoms with E-state index in [4.69, 9.17) is 4.52 Å². The molecule has 1 atom stereocenters. The van der Waals surface area contributed by atoms with E-state index in [9.17, 15) is 4.79 Å². The minimum Gasteiger partial charge on any atom is -0.339 e. The van der Waals surface area contributed by atoms with Crippen LogP contribution in [0, 0.1) is 5.92 Å². The van der Waals surface area contributed by atoms with Crippen LogP contribution in [0.2, 0.25) is 0 Å². The Morgan fingerprint density at radius 2 is 2.11 bits per heavy atom. The zero-order valence-corrected chi connectivity index (χ0v) is 16.1. The lowest BCUT2D eigenvalue weighted by Gasteiger charge is -2.34. The molecular formula is C20H29N5O2. The first-order chi connectivity index (χ1) is 13.1. The molecule has 27 heavy (non-hydrogen) atoms. The Morgan fingerprint density at radius 3 is 2.89 bits per heavy atom. The van der Waals surface area contributed by atoms with Gasteiger partial charge >= 0.3 is 6.03 Å². The summed E-state index contributed by atoms with van der Waals surface area (Å²) in [6, 6.07) is 9.58. The van der Waals surface area contributed by atoms with Crippen molar-refractivity contribution in [2.75, 3.05) is 18.4 Å². The Kier molecular flexibility index (Phi) is 6.81. The normalized spacial score (nSPS) is 17.8. The summed E-state index contributed by atoms with van der Waals surface area (Å²) in [7, 11) is 0. The maximum absolute atomic E-state index is 12.1. The summed E-state index contributed by atoms with van der Waals surface area (Å²) in [5.74, 6) is 1.92. The van der Waals surface area contributed by atoms with E-state index in [1.807, 2.05) is 30.3 Å². The van der Waals surface area contributed by atoms with E-state index >= 15 is 0 Å². The number of anilines is 1. The molecule has 3 rings (SSSR count). The monoisotopic (exact) mass is 371 g/mol. The molecule has 146 valence electrons. The second-order valence-corrected chi connectivity index (χ2v) is 7.52. The van der Waals surface area contributed by atoms with Crippen LogP contribution in [0.25, 0.3) is 0 Å². The van der Waals surface area contributed by atoms with Gasteiger partial charge in [-0.1, -0.05) is 43.6 Å². The summed E-state index contributed by atoms with van der Waals surface area (Å²) in [4.78, 5) is 19.0. The number of hydrogen-bond acceptors (Lipinski definition) is 5. The molecule has 2 amide bonds. The molecule has 7 nitrogen and oxygen atoms in total. The number of likely N-dealkylation sites (tertiary alicyclic amines) is 1. The first-order valence-corrected chi connectivity index (χ1v) is 9.75. The van der Waals surface area contributed by atoms with Crippen molar-refractivity contribution in [3.63, 3.8) is 0 Å². The molecule has 2 N–H and O–H groups in total. The number of nitrogens with one attached hydrogen (secondary N) is 2. The van der Waals surface area contributed by atoms with Gasteiger partial charge in [0.25, 0.3) is 0 Å². The Bertz CT molecular complexity index is 716.